The Bertz CT molecular complexity index is 183. The van der Waals surface area contributed by atoms with Gasteiger partial charge in [-0.15, -0.1) is 0 Å². The minimum Gasteiger partial charge on any atom is -0.370 e. The highest BCUT2D eigenvalue weighted by molar-refractivity contribution is 4.94. The number of ether oxygens (including phenoxy) is 1. The van der Waals surface area contributed by atoms with Gasteiger partial charge >= 0.3 is 0 Å². The van der Waals surface area contributed by atoms with Crippen LogP contribution in [0.15, 0.2) is 24.3 Å². The summed E-state index contributed by atoms with van der Waals surface area (Å²) in [5.74, 6) is 0. The van der Waals surface area contributed by atoms with Crippen molar-refractivity contribution >= 4 is 0 Å². The highest BCUT2D eigenvalue weighted by Crippen LogP contribution is 2.30. The molecule has 0 N–H and O–H groups in total. The normalized spacial score (nSPS) is 34.5. The molecule has 1 aliphatic carbocycles. The third kappa shape index (κ3) is 3.00. The van der Waals surface area contributed by atoms with Gasteiger partial charge in [-0.3, -0.25) is 0 Å². The van der Waals surface area contributed by atoms with Crippen LogP contribution in [0, 0.1) is 0 Å². The molecule has 0 radical (unpaired) electrons. The van der Waals surface area contributed by atoms with E-state index in [4.69, 9.17) is 4.74 Å². The van der Waals surface area contributed by atoms with Gasteiger partial charge in [-0.2, -0.15) is 0 Å². The van der Waals surface area contributed by atoms with Crippen LogP contribution in [0.2, 0.25) is 0 Å². The molecule has 0 aromatic heterocycles. The first-order valence-electron chi connectivity index (χ1n) is 5.42. The van der Waals surface area contributed by atoms with Crippen LogP contribution in [-0.4, -0.2) is 12.2 Å². The van der Waals surface area contributed by atoms with Crippen LogP contribution < -0.4 is 0 Å². The van der Waals surface area contributed by atoms with Crippen molar-refractivity contribution < 1.29 is 4.74 Å². The highest BCUT2D eigenvalue weighted by atomic mass is 16.6. The Hall–Kier alpha value is -0.560. The molecule has 1 saturated heterocycles. The minimum absolute atomic E-state index is 0.581. The largest absolute Gasteiger partial charge is 0.370 e. The lowest BCUT2D eigenvalue weighted by atomic mass is 10.1. The van der Waals surface area contributed by atoms with Crippen molar-refractivity contribution in [2.75, 3.05) is 0 Å². The Morgan fingerprint density at radius 1 is 0.692 bits per heavy atom. The van der Waals surface area contributed by atoms with Gasteiger partial charge in [-0.05, 0) is 38.5 Å². The second kappa shape index (κ2) is 4.61. The van der Waals surface area contributed by atoms with E-state index in [1.54, 1.807) is 0 Å². The molecule has 1 aliphatic heterocycles. The lowest BCUT2D eigenvalue weighted by Gasteiger charge is -1.94. The summed E-state index contributed by atoms with van der Waals surface area (Å²) in [6.07, 6.45) is 17.6. The Kier molecular flexibility index (Phi) is 3.20. The smallest absolute Gasteiger partial charge is 0.0845 e. The summed E-state index contributed by atoms with van der Waals surface area (Å²) < 4.78 is 5.56. The van der Waals surface area contributed by atoms with E-state index in [9.17, 15) is 0 Å². The molecule has 1 fully saturated rings. The standard InChI is InChI=1S/C12H18O/c1-2-4-6-8-10-12-11(13-12)9-7-5-3-1/h3-6,11-12H,1-2,7-10H2/t11-,12-/m0/s1. The highest BCUT2D eigenvalue weighted by Gasteiger charge is 2.36. The fourth-order valence-electron chi connectivity index (χ4n) is 1.87. The minimum atomic E-state index is 0.581. The van der Waals surface area contributed by atoms with Crippen LogP contribution in [0.3, 0.4) is 0 Å². The molecule has 0 aromatic carbocycles. The van der Waals surface area contributed by atoms with Crippen LogP contribution in [0.5, 0.6) is 0 Å². The summed E-state index contributed by atoms with van der Waals surface area (Å²) in [7, 11) is 0. The number of fused-ring (bicyclic) bond motifs is 1. The molecular formula is C12H18O. The second-order valence-corrected chi connectivity index (χ2v) is 3.89. The van der Waals surface area contributed by atoms with Gasteiger partial charge in [0.25, 0.3) is 0 Å². The molecule has 2 rings (SSSR count). The monoisotopic (exact) mass is 178 g/mol. The van der Waals surface area contributed by atoms with Crippen LogP contribution in [0.4, 0.5) is 0 Å². The first-order chi connectivity index (χ1) is 6.47. The van der Waals surface area contributed by atoms with E-state index in [0.29, 0.717) is 12.2 Å². The van der Waals surface area contributed by atoms with Crippen molar-refractivity contribution in [3.63, 3.8) is 0 Å². The molecule has 1 heteroatoms. The van der Waals surface area contributed by atoms with E-state index < -0.39 is 0 Å². The third-order valence-electron chi connectivity index (χ3n) is 2.76. The van der Waals surface area contributed by atoms with E-state index in [-0.39, 0.29) is 0 Å². The van der Waals surface area contributed by atoms with Gasteiger partial charge in [-0.25, -0.2) is 0 Å². The summed E-state index contributed by atoms with van der Waals surface area (Å²) in [6, 6.07) is 0. The zero-order valence-corrected chi connectivity index (χ0v) is 8.11. The maximum Gasteiger partial charge on any atom is 0.0845 e. The summed E-state index contributed by atoms with van der Waals surface area (Å²) in [6.45, 7) is 0. The SMILES string of the molecule is C1=CCC[C@@H]2O[C@H]2CCC=CCC1. The van der Waals surface area contributed by atoms with E-state index in [1.807, 2.05) is 0 Å². The molecule has 0 spiro atoms. The fraction of sp³-hybridized carbons (Fsp3) is 0.667. The van der Waals surface area contributed by atoms with Crippen molar-refractivity contribution in [1.82, 2.24) is 0 Å². The number of epoxide rings is 1. The third-order valence-corrected chi connectivity index (χ3v) is 2.76. The molecule has 1 nitrogen and oxygen atoms in total. The predicted octanol–water partition coefficient (Wildman–Crippen LogP) is 3.22. The van der Waals surface area contributed by atoms with Crippen molar-refractivity contribution in [1.29, 1.82) is 0 Å². The summed E-state index contributed by atoms with van der Waals surface area (Å²) in [4.78, 5) is 0. The average molecular weight is 178 g/mol. The lowest BCUT2D eigenvalue weighted by Crippen LogP contribution is -1.93. The van der Waals surface area contributed by atoms with Gasteiger partial charge in [0.1, 0.15) is 0 Å². The zero-order chi connectivity index (χ0) is 8.93. The van der Waals surface area contributed by atoms with E-state index in [0.717, 1.165) is 0 Å². The first kappa shape index (κ1) is 9.01. The van der Waals surface area contributed by atoms with Gasteiger partial charge in [-0.1, -0.05) is 24.3 Å². The maximum atomic E-state index is 5.56. The lowest BCUT2D eigenvalue weighted by molar-refractivity contribution is 0.357. The second-order valence-electron chi connectivity index (χ2n) is 3.89. The summed E-state index contributed by atoms with van der Waals surface area (Å²) >= 11 is 0. The Morgan fingerprint density at radius 3 is 1.69 bits per heavy atom. The molecule has 0 unspecified atom stereocenters. The number of rotatable bonds is 0. The summed E-state index contributed by atoms with van der Waals surface area (Å²) in [5.41, 5.74) is 0. The van der Waals surface area contributed by atoms with Gasteiger partial charge in [0.05, 0.1) is 12.2 Å². The topological polar surface area (TPSA) is 12.5 Å². The maximum absolute atomic E-state index is 5.56. The molecule has 2 aliphatic rings. The summed E-state index contributed by atoms with van der Waals surface area (Å²) in [5, 5.41) is 0. The molecule has 13 heavy (non-hydrogen) atoms. The van der Waals surface area contributed by atoms with Gasteiger partial charge in [0.2, 0.25) is 0 Å². The Balaban J connectivity index is 1.80. The van der Waals surface area contributed by atoms with E-state index in [1.165, 1.54) is 38.5 Å². The van der Waals surface area contributed by atoms with Crippen molar-refractivity contribution in [2.45, 2.75) is 50.7 Å². The van der Waals surface area contributed by atoms with Crippen LogP contribution in [-0.2, 0) is 4.74 Å². The molecule has 72 valence electrons. The quantitative estimate of drug-likeness (QED) is 0.410. The molecule has 0 bridgehead atoms. The van der Waals surface area contributed by atoms with Crippen LogP contribution in [0.1, 0.15) is 38.5 Å². The average Bonchev–Trinajstić information content (AvgIpc) is 2.83. The van der Waals surface area contributed by atoms with Crippen molar-refractivity contribution in [2.24, 2.45) is 0 Å². The molecule has 0 amide bonds. The number of hydrogen-bond acceptors (Lipinski definition) is 1. The van der Waals surface area contributed by atoms with E-state index in [2.05, 4.69) is 24.3 Å². The first-order valence-corrected chi connectivity index (χ1v) is 5.42. The van der Waals surface area contributed by atoms with Gasteiger partial charge in [0, 0.05) is 0 Å². The number of allylic oxidation sites excluding steroid dienone is 4. The Morgan fingerprint density at radius 2 is 1.15 bits per heavy atom. The van der Waals surface area contributed by atoms with Crippen molar-refractivity contribution in [3.8, 4) is 0 Å². The van der Waals surface area contributed by atoms with E-state index >= 15 is 0 Å². The van der Waals surface area contributed by atoms with Crippen LogP contribution >= 0.6 is 0 Å². The number of hydrogen-bond donors (Lipinski definition) is 0. The van der Waals surface area contributed by atoms with Gasteiger partial charge < -0.3 is 4.74 Å². The van der Waals surface area contributed by atoms with Crippen LogP contribution in [0.25, 0.3) is 0 Å². The van der Waals surface area contributed by atoms with Gasteiger partial charge in [0.15, 0.2) is 0 Å². The molecule has 2 atom stereocenters. The molecular weight excluding hydrogens is 160 g/mol. The van der Waals surface area contributed by atoms with Crippen molar-refractivity contribution in [3.05, 3.63) is 24.3 Å². The predicted molar refractivity (Wildman–Crippen MR) is 54.6 cm³/mol. The molecule has 0 aromatic rings. The molecule has 0 saturated carbocycles. The Labute approximate surface area is 80.5 Å². The fourth-order valence-corrected chi connectivity index (χ4v) is 1.87. The zero-order valence-electron chi connectivity index (χ0n) is 8.11. The molecule has 1 heterocycles.